The molecule has 0 heterocycles. The van der Waals surface area contributed by atoms with Crippen LogP contribution < -0.4 is 4.74 Å². The number of benzene rings is 1. The molecular formula is C17H26O3. The average molecular weight is 278 g/mol. The Morgan fingerprint density at radius 2 is 1.85 bits per heavy atom. The fourth-order valence-electron chi connectivity index (χ4n) is 3.26. The molecule has 0 aliphatic heterocycles. The van der Waals surface area contributed by atoms with Crippen molar-refractivity contribution in [3.63, 3.8) is 0 Å². The SMILES string of the molecule is COc1cc(C)cc(C)c1C(O)C1(O)CCC(C)CC1. The molecule has 2 rings (SSSR count). The molecule has 0 aromatic heterocycles. The number of aliphatic hydroxyl groups is 2. The van der Waals surface area contributed by atoms with Crippen LogP contribution in [0.4, 0.5) is 0 Å². The number of hydrogen-bond donors (Lipinski definition) is 2. The van der Waals surface area contributed by atoms with E-state index in [4.69, 9.17) is 4.74 Å². The van der Waals surface area contributed by atoms with E-state index >= 15 is 0 Å². The molecule has 3 nitrogen and oxygen atoms in total. The van der Waals surface area contributed by atoms with E-state index in [0.717, 1.165) is 29.5 Å². The third-order valence-electron chi connectivity index (χ3n) is 4.64. The summed E-state index contributed by atoms with van der Waals surface area (Å²) in [6, 6.07) is 3.94. The molecular weight excluding hydrogens is 252 g/mol. The molecule has 0 spiro atoms. The molecule has 1 saturated carbocycles. The van der Waals surface area contributed by atoms with Crippen molar-refractivity contribution < 1.29 is 14.9 Å². The first-order chi connectivity index (χ1) is 9.37. The van der Waals surface area contributed by atoms with Crippen LogP contribution in [0.5, 0.6) is 5.75 Å². The molecule has 0 saturated heterocycles. The lowest BCUT2D eigenvalue weighted by Gasteiger charge is -2.39. The Morgan fingerprint density at radius 3 is 2.40 bits per heavy atom. The largest absolute Gasteiger partial charge is 0.496 e. The molecule has 112 valence electrons. The fraction of sp³-hybridized carbons (Fsp3) is 0.647. The number of aliphatic hydroxyl groups excluding tert-OH is 1. The van der Waals surface area contributed by atoms with Gasteiger partial charge in [-0.15, -0.1) is 0 Å². The third-order valence-corrected chi connectivity index (χ3v) is 4.64. The van der Waals surface area contributed by atoms with Gasteiger partial charge in [-0.1, -0.05) is 13.0 Å². The van der Waals surface area contributed by atoms with E-state index in [2.05, 4.69) is 6.92 Å². The van der Waals surface area contributed by atoms with Gasteiger partial charge in [0.1, 0.15) is 11.9 Å². The Bertz CT molecular complexity index is 473. The molecule has 0 radical (unpaired) electrons. The Morgan fingerprint density at radius 1 is 1.25 bits per heavy atom. The summed E-state index contributed by atoms with van der Waals surface area (Å²) >= 11 is 0. The summed E-state index contributed by atoms with van der Waals surface area (Å²) < 4.78 is 5.41. The summed E-state index contributed by atoms with van der Waals surface area (Å²) in [7, 11) is 1.61. The predicted molar refractivity (Wildman–Crippen MR) is 80.0 cm³/mol. The maximum atomic E-state index is 10.8. The quantitative estimate of drug-likeness (QED) is 0.892. The highest BCUT2D eigenvalue weighted by Gasteiger charge is 2.41. The van der Waals surface area contributed by atoms with Crippen molar-refractivity contribution in [2.75, 3.05) is 7.11 Å². The topological polar surface area (TPSA) is 49.7 Å². The van der Waals surface area contributed by atoms with Crippen molar-refractivity contribution in [3.05, 3.63) is 28.8 Å². The van der Waals surface area contributed by atoms with E-state index in [1.54, 1.807) is 7.11 Å². The van der Waals surface area contributed by atoms with Crippen molar-refractivity contribution in [3.8, 4) is 5.75 Å². The minimum atomic E-state index is -1.03. The van der Waals surface area contributed by atoms with E-state index in [9.17, 15) is 10.2 Å². The van der Waals surface area contributed by atoms with Crippen LogP contribution in [0.15, 0.2) is 12.1 Å². The number of hydrogen-bond acceptors (Lipinski definition) is 3. The van der Waals surface area contributed by atoms with Gasteiger partial charge in [0.15, 0.2) is 0 Å². The van der Waals surface area contributed by atoms with Gasteiger partial charge < -0.3 is 14.9 Å². The normalized spacial score (nSPS) is 28.2. The lowest BCUT2D eigenvalue weighted by atomic mass is 9.74. The summed E-state index contributed by atoms with van der Waals surface area (Å²) in [5.74, 6) is 1.30. The van der Waals surface area contributed by atoms with Gasteiger partial charge in [-0.05, 0) is 62.6 Å². The Labute approximate surface area is 121 Å². The summed E-state index contributed by atoms with van der Waals surface area (Å²) in [5, 5.41) is 21.6. The van der Waals surface area contributed by atoms with Gasteiger partial charge in [-0.25, -0.2) is 0 Å². The zero-order valence-electron chi connectivity index (χ0n) is 12.9. The summed E-state index contributed by atoms with van der Waals surface area (Å²) in [6.45, 7) is 6.16. The first-order valence-corrected chi connectivity index (χ1v) is 7.43. The highest BCUT2D eigenvalue weighted by Crippen LogP contribution is 2.43. The van der Waals surface area contributed by atoms with E-state index in [-0.39, 0.29) is 0 Å². The summed E-state index contributed by atoms with van der Waals surface area (Å²) in [4.78, 5) is 0. The van der Waals surface area contributed by atoms with Crippen LogP contribution in [0.25, 0.3) is 0 Å². The second-order valence-electron chi connectivity index (χ2n) is 6.39. The van der Waals surface area contributed by atoms with Crippen molar-refractivity contribution in [2.45, 2.75) is 58.2 Å². The monoisotopic (exact) mass is 278 g/mol. The Hall–Kier alpha value is -1.06. The summed E-state index contributed by atoms with van der Waals surface area (Å²) in [5.41, 5.74) is 1.77. The van der Waals surface area contributed by atoms with Crippen LogP contribution in [0.1, 0.15) is 55.4 Å². The molecule has 1 atom stereocenters. The molecule has 1 aliphatic rings. The molecule has 1 fully saturated rings. The minimum Gasteiger partial charge on any atom is -0.496 e. The average Bonchev–Trinajstić information content (AvgIpc) is 2.40. The molecule has 0 bridgehead atoms. The van der Waals surface area contributed by atoms with E-state index in [1.165, 1.54) is 0 Å². The number of ether oxygens (including phenoxy) is 1. The molecule has 20 heavy (non-hydrogen) atoms. The summed E-state index contributed by atoms with van der Waals surface area (Å²) in [6.07, 6.45) is 2.32. The van der Waals surface area contributed by atoms with Gasteiger partial charge >= 0.3 is 0 Å². The maximum absolute atomic E-state index is 10.8. The number of rotatable bonds is 3. The Balaban J connectivity index is 2.35. The van der Waals surface area contributed by atoms with E-state index in [1.807, 2.05) is 26.0 Å². The van der Waals surface area contributed by atoms with Crippen molar-refractivity contribution in [1.29, 1.82) is 0 Å². The van der Waals surface area contributed by atoms with Crippen LogP contribution in [0.2, 0.25) is 0 Å². The molecule has 1 aromatic rings. The highest BCUT2D eigenvalue weighted by molar-refractivity contribution is 5.45. The van der Waals surface area contributed by atoms with Gasteiger partial charge in [0.2, 0.25) is 0 Å². The third kappa shape index (κ3) is 2.84. The minimum absolute atomic E-state index is 0.628. The van der Waals surface area contributed by atoms with Crippen molar-refractivity contribution in [2.24, 2.45) is 5.92 Å². The number of aryl methyl sites for hydroxylation is 2. The molecule has 0 amide bonds. The molecule has 2 N–H and O–H groups in total. The smallest absolute Gasteiger partial charge is 0.125 e. The maximum Gasteiger partial charge on any atom is 0.125 e. The van der Waals surface area contributed by atoms with E-state index in [0.29, 0.717) is 24.5 Å². The van der Waals surface area contributed by atoms with Gasteiger partial charge in [-0.2, -0.15) is 0 Å². The lowest BCUT2D eigenvalue weighted by molar-refractivity contribution is -0.106. The van der Waals surface area contributed by atoms with E-state index < -0.39 is 11.7 Å². The van der Waals surface area contributed by atoms with Crippen LogP contribution in [-0.2, 0) is 0 Å². The van der Waals surface area contributed by atoms with Crippen LogP contribution >= 0.6 is 0 Å². The van der Waals surface area contributed by atoms with Crippen LogP contribution in [0, 0.1) is 19.8 Å². The lowest BCUT2D eigenvalue weighted by Crippen LogP contribution is -2.40. The predicted octanol–water partition coefficient (Wildman–Crippen LogP) is 3.29. The molecule has 3 heteroatoms. The van der Waals surface area contributed by atoms with Gasteiger partial charge in [0.05, 0.1) is 12.7 Å². The van der Waals surface area contributed by atoms with Gasteiger partial charge in [0, 0.05) is 5.56 Å². The zero-order valence-corrected chi connectivity index (χ0v) is 12.9. The second kappa shape index (κ2) is 5.74. The first kappa shape index (κ1) is 15.3. The van der Waals surface area contributed by atoms with Crippen molar-refractivity contribution >= 4 is 0 Å². The molecule has 1 aliphatic carbocycles. The highest BCUT2D eigenvalue weighted by atomic mass is 16.5. The zero-order chi connectivity index (χ0) is 14.9. The second-order valence-corrected chi connectivity index (χ2v) is 6.39. The van der Waals surface area contributed by atoms with Crippen molar-refractivity contribution in [1.82, 2.24) is 0 Å². The van der Waals surface area contributed by atoms with Gasteiger partial charge in [-0.3, -0.25) is 0 Å². The Kier molecular flexibility index (Phi) is 4.40. The van der Waals surface area contributed by atoms with Crippen LogP contribution in [0.3, 0.4) is 0 Å². The van der Waals surface area contributed by atoms with Gasteiger partial charge in [0.25, 0.3) is 0 Å². The standard InChI is InChI=1S/C17H26O3/c1-11-5-7-17(19,8-6-11)16(18)15-13(3)9-12(2)10-14(15)20-4/h9-11,16,18-19H,5-8H2,1-4H3. The molecule has 1 unspecified atom stereocenters. The fourth-order valence-corrected chi connectivity index (χ4v) is 3.26. The molecule has 1 aromatic carbocycles. The number of methoxy groups -OCH3 is 1. The van der Waals surface area contributed by atoms with Crippen LogP contribution in [-0.4, -0.2) is 22.9 Å². The first-order valence-electron chi connectivity index (χ1n) is 7.43.